The summed E-state index contributed by atoms with van der Waals surface area (Å²) in [5.41, 5.74) is 0. The van der Waals surface area contributed by atoms with Crippen LogP contribution in [0.3, 0.4) is 0 Å². The maximum atomic E-state index is 10.8. The van der Waals surface area contributed by atoms with Gasteiger partial charge in [-0.2, -0.15) is 0 Å². The van der Waals surface area contributed by atoms with Crippen LogP contribution in [0.15, 0.2) is 0 Å². The highest BCUT2D eigenvalue weighted by molar-refractivity contribution is 6.73. The molecule has 41 valence electrons. The number of hydrogen-bond acceptors (Lipinski definition) is 0. The zero-order valence-corrected chi connectivity index (χ0v) is 6.06. The molecule has 0 bridgehead atoms. The second kappa shape index (κ2) is 2.48. The molecule has 0 aliphatic heterocycles. The van der Waals surface area contributed by atoms with Crippen molar-refractivity contribution < 1.29 is 4.80 Å². The number of rotatable bonds is 2. The molecule has 0 spiro atoms. The van der Waals surface area contributed by atoms with Gasteiger partial charge in [0, 0.05) is 0 Å². The van der Waals surface area contributed by atoms with E-state index in [4.69, 9.17) is 0 Å². The van der Waals surface area contributed by atoms with Crippen molar-refractivity contribution in [3.8, 4) is 0 Å². The van der Waals surface area contributed by atoms with Gasteiger partial charge in [-0.1, -0.05) is 6.92 Å². The van der Waals surface area contributed by atoms with Gasteiger partial charge in [-0.3, -0.25) is 4.80 Å². The predicted octanol–water partition coefficient (Wildman–Crippen LogP) is 1.59. The van der Waals surface area contributed by atoms with E-state index in [1.54, 1.807) is 19.1 Å². The highest BCUT2D eigenvalue weighted by atomic mass is 28.4. The fourth-order valence-electron chi connectivity index (χ4n) is 0.401. The van der Waals surface area contributed by atoms with Crippen LogP contribution >= 0.6 is 0 Å². The number of hydrogen-bond donors (Lipinski definition) is 0. The van der Waals surface area contributed by atoms with Gasteiger partial charge in [-0.25, -0.2) is 0 Å². The van der Waals surface area contributed by atoms with Crippen molar-refractivity contribution in [1.82, 2.24) is 0 Å². The zero-order valence-electron chi connectivity index (χ0n) is 5.06. The van der Waals surface area contributed by atoms with Crippen LogP contribution in [-0.4, -0.2) is 8.32 Å². The van der Waals surface area contributed by atoms with E-state index in [2.05, 4.69) is 0 Å². The summed E-state index contributed by atoms with van der Waals surface area (Å²) in [6.07, 6.45) is 1.83. The molecule has 1 nitrogen and oxygen atoms in total. The van der Waals surface area contributed by atoms with Crippen LogP contribution in [0.2, 0.25) is 13.1 Å². The van der Waals surface area contributed by atoms with E-state index in [9.17, 15) is 4.80 Å². The summed E-state index contributed by atoms with van der Waals surface area (Å²) in [6, 6.07) is 1.77. The van der Waals surface area contributed by atoms with E-state index in [0.29, 0.717) is 0 Å². The summed E-state index contributed by atoms with van der Waals surface area (Å²) in [5, 5.41) is 0. The fraction of sp³-hybridized carbons (Fsp3) is 0.600. The Morgan fingerprint density at radius 2 is 1.86 bits per heavy atom. The predicted molar refractivity (Wildman–Crippen MR) is 32.4 cm³/mol. The largest absolute Gasteiger partial charge is 0.298 e. The van der Waals surface area contributed by atoms with E-state index in [1.165, 1.54) is 0 Å². The molecule has 0 unspecified atom stereocenters. The Morgan fingerprint density at radius 1 is 1.43 bits per heavy atom. The molecule has 0 amide bonds. The van der Waals surface area contributed by atoms with Crippen molar-refractivity contribution in [3.63, 3.8) is 0 Å². The van der Waals surface area contributed by atoms with Gasteiger partial charge in [0.05, 0.1) is 0 Å². The monoisotopic (exact) mass is 115 g/mol. The smallest absolute Gasteiger partial charge is 0.234 e. The maximum absolute atomic E-state index is 10.8. The molecule has 2 heteroatoms. The van der Waals surface area contributed by atoms with E-state index < -0.39 is 8.32 Å². The summed E-state index contributed by atoms with van der Waals surface area (Å²) in [7, 11) is -2.09. The third-order valence-electron chi connectivity index (χ3n) is 0.568. The average Bonchev–Trinajstić information content (AvgIpc) is 1.30. The molecule has 0 aliphatic carbocycles. The van der Waals surface area contributed by atoms with Gasteiger partial charge in [0.2, 0.25) is 8.32 Å². The third-order valence-corrected chi connectivity index (χ3v) is 1.70. The summed E-state index contributed by atoms with van der Waals surface area (Å²) >= 11 is 0. The molecule has 0 saturated heterocycles. The van der Waals surface area contributed by atoms with Gasteiger partial charge >= 0.3 is 0 Å². The molecule has 0 fully saturated rings. The fourth-order valence-corrected chi connectivity index (χ4v) is 1.20. The standard InChI is InChI=1S/C5H11OSi/c1-4-5-7(2,3)6/h4-5H,1-3H3. The van der Waals surface area contributed by atoms with Crippen LogP contribution in [-0.2, 0) is 4.80 Å². The van der Waals surface area contributed by atoms with Gasteiger partial charge in [0.1, 0.15) is 0 Å². The van der Waals surface area contributed by atoms with Crippen LogP contribution in [0, 0.1) is 12.5 Å². The minimum absolute atomic E-state index is 1.77. The third kappa shape index (κ3) is 6.18. The molecule has 7 heavy (non-hydrogen) atoms. The Balaban J connectivity index is 3.15. The topological polar surface area (TPSA) is 19.9 Å². The Bertz CT molecular complexity index is 46.5. The first-order chi connectivity index (χ1) is 3.06. The molecule has 0 atom stereocenters. The van der Waals surface area contributed by atoms with Gasteiger partial charge < -0.3 is 0 Å². The second-order valence-electron chi connectivity index (χ2n) is 2.10. The zero-order chi connectivity index (χ0) is 5.91. The molecular formula is C5H11OSi. The Hall–Kier alpha value is 0.177. The van der Waals surface area contributed by atoms with E-state index >= 15 is 0 Å². The molecule has 0 N–H and O–H groups in total. The minimum Gasteiger partial charge on any atom is -0.298 e. The van der Waals surface area contributed by atoms with Crippen LogP contribution in [0.4, 0.5) is 0 Å². The van der Waals surface area contributed by atoms with Crippen molar-refractivity contribution in [2.45, 2.75) is 20.0 Å². The lowest BCUT2D eigenvalue weighted by Gasteiger charge is -2.05. The van der Waals surface area contributed by atoms with Crippen LogP contribution in [0.5, 0.6) is 0 Å². The Labute approximate surface area is 46.5 Å². The molecule has 0 saturated carbocycles. The first kappa shape index (κ1) is 7.18. The summed E-state index contributed by atoms with van der Waals surface area (Å²) in [4.78, 5) is 10.8. The lowest BCUT2D eigenvalue weighted by atomic mass is 10.6. The van der Waals surface area contributed by atoms with Gasteiger partial charge in [-0.05, 0) is 25.6 Å². The highest BCUT2D eigenvalue weighted by Gasteiger charge is 2.17. The summed E-state index contributed by atoms with van der Waals surface area (Å²) in [6.45, 7) is 5.42. The molecule has 0 aromatic carbocycles. The van der Waals surface area contributed by atoms with E-state index in [0.717, 1.165) is 0 Å². The lowest BCUT2D eigenvalue weighted by Crippen LogP contribution is -2.23. The van der Waals surface area contributed by atoms with Gasteiger partial charge in [0.25, 0.3) is 0 Å². The minimum atomic E-state index is -2.09. The lowest BCUT2D eigenvalue weighted by molar-refractivity contribution is 0.438. The average molecular weight is 115 g/mol. The first-order valence-corrected chi connectivity index (χ1v) is 5.39. The summed E-state index contributed by atoms with van der Waals surface area (Å²) in [5.74, 6) is 0. The Morgan fingerprint density at radius 3 is 1.86 bits per heavy atom. The first-order valence-electron chi connectivity index (χ1n) is 2.40. The molecule has 0 aliphatic rings. The van der Waals surface area contributed by atoms with Gasteiger partial charge in [0.15, 0.2) is 0 Å². The van der Waals surface area contributed by atoms with E-state index in [-0.39, 0.29) is 0 Å². The molecule has 0 heterocycles. The Kier molecular flexibility index (Phi) is 2.54. The second-order valence-corrected chi connectivity index (χ2v) is 5.64. The summed E-state index contributed by atoms with van der Waals surface area (Å²) < 4.78 is 0. The van der Waals surface area contributed by atoms with Crippen LogP contribution in [0.25, 0.3) is 0 Å². The van der Waals surface area contributed by atoms with Crippen molar-refractivity contribution in [3.05, 3.63) is 12.5 Å². The highest BCUT2D eigenvalue weighted by Crippen LogP contribution is 2.02. The van der Waals surface area contributed by atoms with Gasteiger partial charge in [-0.15, -0.1) is 0 Å². The maximum Gasteiger partial charge on any atom is 0.234 e. The van der Waals surface area contributed by atoms with Crippen molar-refractivity contribution >= 4 is 8.32 Å². The van der Waals surface area contributed by atoms with Crippen molar-refractivity contribution in [2.75, 3.05) is 0 Å². The molecular weight excluding hydrogens is 104 g/mol. The van der Waals surface area contributed by atoms with E-state index in [1.807, 2.05) is 13.3 Å². The molecule has 0 rings (SSSR count). The molecule has 0 aromatic rings. The normalized spacial score (nSPS) is 12.0. The van der Waals surface area contributed by atoms with Crippen molar-refractivity contribution in [1.29, 1.82) is 0 Å². The molecule has 3 radical (unpaired) electrons. The van der Waals surface area contributed by atoms with Crippen molar-refractivity contribution in [2.24, 2.45) is 0 Å². The SMILES string of the molecule is C[CH][CH][Si](C)(C)[O]. The van der Waals surface area contributed by atoms with Crippen LogP contribution in [0.1, 0.15) is 6.92 Å². The van der Waals surface area contributed by atoms with Crippen LogP contribution < -0.4 is 0 Å². The molecule has 0 aromatic heterocycles. The quantitative estimate of drug-likeness (QED) is 0.487.